The molecule has 176 valence electrons. The summed E-state index contributed by atoms with van der Waals surface area (Å²) in [6.45, 7) is 2.73. The van der Waals surface area contributed by atoms with Gasteiger partial charge < -0.3 is 54.7 Å². The highest BCUT2D eigenvalue weighted by Gasteiger charge is 2.47. The van der Waals surface area contributed by atoms with Crippen LogP contribution in [0.1, 0.15) is 25.5 Å². The summed E-state index contributed by atoms with van der Waals surface area (Å²) >= 11 is 0. The second-order valence-corrected chi connectivity index (χ2v) is 7.89. The molecule has 0 aromatic heterocycles. The SMILES string of the molecule is CC(O)c1ccc(OC2OC(COC3OC(C)C(O)C(O)C3O)C(O)C(O)C2O)cc1. The topological polar surface area (TPSA) is 179 Å². The number of hydrogen-bond acceptors (Lipinski definition) is 11. The van der Waals surface area contributed by atoms with Crippen molar-refractivity contribution in [2.45, 2.75) is 81.4 Å². The van der Waals surface area contributed by atoms with Crippen LogP contribution in [0, 0.1) is 0 Å². The summed E-state index contributed by atoms with van der Waals surface area (Å²) in [5.41, 5.74) is 0.659. The van der Waals surface area contributed by atoms with Crippen molar-refractivity contribution < 1.29 is 54.7 Å². The van der Waals surface area contributed by atoms with E-state index >= 15 is 0 Å². The standard InChI is InChI=1S/C20H30O11/c1-8(21)10-3-5-11(6-4-10)30-20-18(27)16(25)14(23)12(31-20)7-28-19-17(26)15(24)13(22)9(2)29-19/h3-6,8-9,12-27H,7H2,1-2H3. The summed E-state index contributed by atoms with van der Waals surface area (Å²) in [5.74, 6) is 0.300. The summed E-state index contributed by atoms with van der Waals surface area (Å²) in [5, 5.41) is 69.8. The van der Waals surface area contributed by atoms with Crippen molar-refractivity contribution in [2.24, 2.45) is 0 Å². The van der Waals surface area contributed by atoms with Gasteiger partial charge in [-0.25, -0.2) is 0 Å². The average Bonchev–Trinajstić information content (AvgIpc) is 2.75. The third-order valence-corrected chi connectivity index (χ3v) is 5.52. The van der Waals surface area contributed by atoms with E-state index < -0.39 is 67.5 Å². The molecule has 1 aromatic rings. The van der Waals surface area contributed by atoms with Crippen LogP contribution >= 0.6 is 0 Å². The monoisotopic (exact) mass is 446 g/mol. The van der Waals surface area contributed by atoms with E-state index in [4.69, 9.17) is 18.9 Å². The molecule has 2 saturated heterocycles. The number of aliphatic hydroxyl groups is 7. The lowest BCUT2D eigenvalue weighted by atomic mass is 9.98. The Morgan fingerprint density at radius 1 is 0.806 bits per heavy atom. The summed E-state index contributed by atoms with van der Waals surface area (Å²) in [6, 6.07) is 6.37. The Morgan fingerprint density at radius 2 is 1.39 bits per heavy atom. The lowest BCUT2D eigenvalue weighted by Gasteiger charge is -2.42. The van der Waals surface area contributed by atoms with Gasteiger partial charge in [0, 0.05) is 0 Å². The molecule has 0 spiro atoms. The Bertz CT molecular complexity index is 699. The lowest BCUT2D eigenvalue weighted by Crippen LogP contribution is -2.61. The highest BCUT2D eigenvalue weighted by Crippen LogP contribution is 2.27. The minimum atomic E-state index is -1.60. The maximum absolute atomic E-state index is 10.2. The zero-order chi connectivity index (χ0) is 22.9. The molecule has 7 N–H and O–H groups in total. The first-order valence-corrected chi connectivity index (χ1v) is 10.1. The molecule has 0 bridgehead atoms. The minimum absolute atomic E-state index is 0.300. The fourth-order valence-electron chi connectivity index (χ4n) is 3.45. The molecule has 11 heteroatoms. The van der Waals surface area contributed by atoms with Crippen LogP contribution in [0.4, 0.5) is 0 Å². The molecular formula is C20H30O11. The van der Waals surface area contributed by atoms with Gasteiger partial charge in [0.1, 0.15) is 48.5 Å². The molecule has 0 aliphatic carbocycles. The largest absolute Gasteiger partial charge is 0.462 e. The van der Waals surface area contributed by atoms with E-state index in [1.807, 2.05) is 0 Å². The van der Waals surface area contributed by atoms with Crippen molar-refractivity contribution >= 4 is 0 Å². The number of hydrogen-bond donors (Lipinski definition) is 7. The van der Waals surface area contributed by atoms with Gasteiger partial charge in [-0.05, 0) is 31.5 Å². The van der Waals surface area contributed by atoms with Crippen LogP contribution in [0.2, 0.25) is 0 Å². The third kappa shape index (κ3) is 5.34. The minimum Gasteiger partial charge on any atom is -0.462 e. The fraction of sp³-hybridized carbons (Fsp3) is 0.700. The van der Waals surface area contributed by atoms with Gasteiger partial charge in [-0.1, -0.05) is 12.1 Å². The van der Waals surface area contributed by atoms with Crippen LogP contribution in [-0.2, 0) is 14.2 Å². The van der Waals surface area contributed by atoms with E-state index in [-0.39, 0.29) is 6.61 Å². The number of aliphatic hydroxyl groups excluding tert-OH is 7. The van der Waals surface area contributed by atoms with Crippen molar-refractivity contribution in [3.8, 4) is 5.75 Å². The maximum Gasteiger partial charge on any atom is 0.229 e. The van der Waals surface area contributed by atoms with Crippen LogP contribution in [0.3, 0.4) is 0 Å². The molecule has 31 heavy (non-hydrogen) atoms. The molecule has 2 fully saturated rings. The number of benzene rings is 1. The van der Waals surface area contributed by atoms with Crippen LogP contribution < -0.4 is 4.74 Å². The van der Waals surface area contributed by atoms with Crippen LogP contribution in [0.25, 0.3) is 0 Å². The molecule has 11 nitrogen and oxygen atoms in total. The zero-order valence-electron chi connectivity index (χ0n) is 17.1. The van der Waals surface area contributed by atoms with Crippen molar-refractivity contribution in [2.75, 3.05) is 6.61 Å². The highest BCUT2D eigenvalue weighted by molar-refractivity contribution is 5.28. The van der Waals surface area contributed by atoms with Crippen molar-refractivity contribution in [3.05, 3.63) is 29.8 Å². The Hall–Kier alpha value is -1.38. The molecular weight excluding hydrogens is 416 g/mol. The predicted octanol–water partition coefficient (Wildman–Crippen LogP) is -2.23. The summed E-state index contributed by atoms with van der Waals surface area (Å²) < 4.78 is 21.9. The van der Waals surface area contributed by atoms with Crippen LogP contribution in [0.15, 0.2) is 24.3 Å². The second-order valence-electron chi connectivity index (χ2n) is 7.89. The van der Waals surface area contributed by atoms with E-state index in [0.29, 0.717) is 11.3 Å². The average molecular weight is 446 g/mol. The Morgan fingerprint density at radius 3 is 2.00 bits per heavy atom. The number of rotatable bonds is 6. The van der Waals surface area contributed by atoms with E-state index in [1.54, 1.807) is 31.2 Å². The molecule has 2 aliphatic heterocycles. The molecule has 11 atom stereocenters. The quantitative estimate of drug-likeness (QED) is 0.251. The van der Waals surface area contributed by atoms with E-state index in [1.165, 1.54) is 6.92 Å². The van der Waals surface area contributed by atoms with E-state index in [2.05, 4.69) is 0 Å². The Balaban J connectivity index is 1.63. The molecule has 1 aromatic carbocycles. The van der Waals surface area contributed by atoms with E-state index in [9.17, 15) is 35.7 Å². The van der Waals surface area contributed by atoms with Crippen molar-refractivity contribution in [1.29, 1.82) is 0 Å². The molecule has 2 heterocycles. The fourth-order valence-corrected chi connectivity index (χ4v) is 3.45. The number of ether oxygens (including phenoxy) is 4. The second kappa shape index (κ2) is 10.0. The molecule has 11 unspecified atom stereocenters. The normalized spacial score (nSPS) is 42.2. The van der Waals surface area contributed by atoms with Gasteiger partial charge >= 0.3 is 0 Å². The Kier molecular flexibility index (Phi) is 7.86. The Labute approximate surface area is 179 Å². The van der Waals surface area contributed by atoms with E-state index in [0.717, 1.165) is 0 Å². The van der Waals surface area contributed by atoms with Gasteiger partial charge in [0.2, 0.25) is 6.29 Å². The first-order valence-electron chi connectivity index (χ1n) is 10.1. The molecule has 0 radical (unpaired) electrons. The third-order valence-electron chi connectivity index (χ3n) is 5.52. The smallest absolute Gasteiger partial charge is 0.229 e. The molecule has 3 rings (SSSR count). The van der Waals surface area contributed by atoms with Gasteiger partial charge in [-0.3, -0.25) is 0 Å². The first-order chi connectivity index (χ1) is 14.6. The zero-order valence-corrected chi connectivity index (χ0v) is 17.1. The summed E-state index contributed by atoms with van der Waals surface area (Å²) in [7, 11) is 0. The van der Waals surface area contributed by atoms with Gasteiger partial charge in [-0.2, -0.15) is 0 Å². The molecule has 2 aliphatic rings. The van der Waals surface area contributed by atoms with Gasteiger partial charge in [0.05, 0.1) is 18.8 Å². The lowest BCUT2D eigenvalue weighted by molar-refractivity contribution is -0.318. The highest BCUT2D eigenvalue weighted by atomic mass is 16.7. The van der Waals surface area contributed by atoms with Crippen LogP contribution in [0.5, 0.6) is 5.75 Å². The van der Waals surface area contributed by atoms with Gasteiger partial charge in [0.25, 0.3) is 0 Å². The summed E-state index contributed by atoms with van der Waals surface area (Å²) in [4.78, 5) is 0. The van der Waals surface area contributed by atoms with Gasteiger partial charge in [0.15, 0.2) is 6.29 Å². The van der Waals surface area contributed by atoms with Crippen molar-refractivity contribution in [1.82, 2.24) is 0 Å². The van der Waals surface area contributed by atoms with Crippen LogP contribution in [-0.4, -0.2) is 104 Å². The van der Waals surface area contributed by atoms with Gasteiger partial charge in [-0.15, -0.1) is 0 Å². The predicted molar refractivity (Wildman–Crippen MR) is 103 cm³/mol. The molecule has 0 saturated carbocycles. The maximum atomic E-state index is 10.2. The van der Waals surface area contributed by atoms with Crippen molar-refractivity contribution in [3.63, 3.8) is 0 Å². The molecule has 0 amide bonds. The first kappa shape index (κ1) is 24.3. The summed E-state index contributed by atoms with van der Waals surface area (Å²) in [6.07, 6.45) is -14.3.